The van der Waals surface area contributed by atoms with Crippen LogP contribution in [0.5, 0.6) is 5.75 Å². The van der Waals surface area contributed by atoms with Gasteiger partial charge in [0.1, 0.15) is 12.4 Å². The molecule has 1 aromatic carbocycles. The summed E-state index contributed by atoms with van der Waals surface area (Å²) in [6, 6.07) is 6.94. The minimum Gasteiger partial charge on any atom is -0.491 e. The summed E-state index contributed by atoms with van der Waals surface area (Å²) in [7, 11) is 1.67. The maximum atomic E-state index is 5.79. The molecule has 0 radical (unpaired) electrons. The van der Waals surface area contributed by atoms with Gasteiger partial charge in [0.15, 0.2) is 0 Å². The van der Waals surface area contributed by atoms with Crippen molar-refractivity contribution in [1.29, 1.82) is 0 Å². The lowest BCUT2D eigenvalue weighted by Crippen LogP contribution is -2.25. The number of hydrogen-bond acceptors (Lipinski definition) is 4. The van der Waals surface area contributed by atoms with Gasteiger partial charge in [-0.15, -0.1) is 0 Å². The van der Waals surface area contributed by atoms with Crippen LogP contribution in [0, 0.1) is 0 Å². The third-order valence-electron chi connectivity index (χ3n) is 3.81. The zero-order valence-corrected chi connectivity index (χ0v) is 13.2. The molecule has 1 aromatic rings. The second-order valence-corrected chi connectivity index (χ2v) is 5.32. The second kappa shape index (κ2) is 9.03. The van der Waals surface area contributed by atoms with Crippen molar-refractivity contribution in [3.63, 3.8) is 0 Å². The van der Waals surface area contributed by atoms with E-state index in [0.29, 0.717) is 32.5 Å². The third kappa shape index (κ3) is 4.99. The Bertz CT molecular complexity index is 422. The molecule has 0 bridgehead atoms. The molecule has 0 spiro atoms. The summed E-state index contributed by atoms with van der Waals surface area (Å²) in [4.78, 5) is 0. The summed E-state index contributed by atoms with van der Waals surface area (Å²) in [5, 5.41) is 3.56. The highest BCUT2D eigenvalue weighted by Gasteiger charge is 2.19. The highest BCUT2D eigenvalue weighted by Crippen LogP contribution is 2.32. The van der Waals surface area contributed by atoms with E-state index in [9.17, 15) is 0 Å². The summed E-state index contributed by atoms with van der Waals surface area (Å²) >= 11 is 0. The number of methoxy groups -OCH3 is 1. The Hall–Kier alpha value is -1.10. The van der Waals surface area contributed by atoms with Crippen LogP contribution in [0.1, 0.15) is 36.9 Å². The largest absolute Gasteiger partial charge is 0.491 e. The maximum absolute atomic E-state index is 5.79. The van der Waals surface area contributed by atoms with Gasteiger partial charge in [0, 0.05) is 13.2 Å². The quantitative estimate of drug-likeness (QED) is 0.711. The molecule has 0 saturated carbocycles. The first-order valence-electron chi connectivity index (χ1n) is 7.90. The molecule has 0 fully saturated rings. The molecule has 1 aliphatic rings. The Labute approximate surface area is 127 Å². The molecular formula is C17H27NO3. The number of fused-ring (bicyclic) bond motifs is 1. The first-order valence-corrected chi connectivity index (χ1v) is 7.90. The third-order valence-corrected chi connectivity index (χ3v) is 3.81. The second-order valence-electron chi connectivity index (χ2n) is 5.32. The fourth-order valence-corrected chi connectivity index (χ4v) is 2.79. The van der Waals surface area contributed by atoms with Crippen molar-refractivity contribution in [3.8, 4) is 5.75 Å². The molecule has 1 atom stereocenters. The number of benzene rings is 1. The molecule has 118 valence electrons. The van der Waals surface area contributed by atoms with Gasteiger partial charge in [-0.1, -0.05) is 13.0 Å². The SMILES string of the molecule is CCNC1CCCc2ccc(OCCOCCOC)cc21. The molecule has 0 amide bonds. The van der Waals surface area contributed by atoms with E-state index in [4.69, 9.17) is 14.2 Å². The van der Waals surface area contributed by atoms with Crippen LogP contribution in [-0.4, -0.2) is 40.1 Å². The molecule has 21 heavy (non-hydrogen) atoms. The Balaban J connectivity index is 1.85. The topological polar surface area (TPSA) is 39.7 Å². The van der Waals surface area contributed by atoms with E-state index in [1.165, 1.54) is 30.4 Å². The molecule has 0 heterocycles. The lowest BCUT2D eigenvalue weighted by atomic mass is 9.87. The summed E-state index contributed by atoms with van der Waals surface area (Å²) in [5.74, 6) is 0.939. The van der Waals surface area contributed by atoms with Crippen LogP contribution in [0.15, 0.2) is 18.2 Å². The number of ether oxygens (including phenoxy) is 3. The monoisotopic (exact) mass is 293 g/mol. The van der Waals surface area contributed by atoms with Crippen LogP contribution in [-0.2, 0) is 15.9 Å². The van der Waals surface area contributed by atoms with Crippen molar-refractivity contribution in [1.82, 2.24) is 5.32 Å². The lowest BCUT2D eigenvalue weighted by molar-refractivity contribution is 0.0544. The van der Waals surface area contributed by atoms with Gasteiger partial charge < -0.3 is 19.5 Å². The van der Waals surface area contributed by atoms with E-state index in [0.717, 1.165) is 12.3 Å². The average molecular weight is 293 g/mol. The minimum absolute atomic E-state index is 0.472. The normalized spacial score (nSPS) is 17.5. The van der Waals surface area contributed by atoms with Crippen LogP contribution in [0.4, 0.5) is 0 Å². The molecular weight excluding hydrogens is 266 g/mol. The van der Waals surface area contributed by atoms with Gasteiger partial charge in [-0.3, -0.25) is 0 Å². The zero-order valence-electron chi connectivity index (χ0n) is 13.2. The van der Waals surface area contributed by atoms with Crippen molar-refractivity contribution < 1.29 is 14.2 Å². The number of rotatable bonds is 9. The van der Waals surface area contributed by atoms with Gasteiger partial charge in [-0.05, 0) is 49.1 Å². The van der Waals surface area contributed by atoms with Crippen LogP contribution >= 0.6 is 0 Å². The van der Waals surface area contributed by atoms with Gasteiger partial charge in [0.05, 0.1) is 19.8 Å². The van der Waals surface area contributed by atoms with E-state index < -0.39 is 0 Å². The highest BCUT2D eigenvalue weighted by atomic mass is 16.5. The number of hydrogen-bond donors (Lipinski definition) is 1. The van der Waals surface area contributed by atoms with Gasteiger partial charge in [0.25, 0.3) is 0 Å². The zero-order chi connectivity index (χ0) is 14.9. The molecule has 4 heteroatoms. The maximum Gasteiger partial charge on any atom is 0.119 e. The Kier molecular flexibility index (Phi) is 7.00. The van der Waals surface area contributed by atoms with Crippen molar-refractivity contribution in [2.45, 2.75) is 32.2 Å². The predicted molar refractivity (Wildman–Crippen MR) is 84.0 cm³/mol. The Morgan fingerprint density at radius 1 is 1.19 bits per heavy atom. The summed E-state index contributed by atoms with van der Waals surface area (Å²) in [6.07, 6.45) is 3.65. The first-order chi connectivity index (χ1) is 10.3. The summed E-state index contributed by atoms with van der Waals surface area (Å²) < 4.78 is 16.1. The van der Waals surface area contributed by atoms with E-state index in [1.807, 2.05) is 0 Å². The smallest absolute Gasteiger partial charge is 0.119 e. The fraction of sp³-hybridized carbons (Fsp3) is 0.647. The van der Waals surface area contributed by atoms with E-state index in [2.05, 4.69) is 30.4 Å². The van der Waals surface area contributed by atoms with Crippen molar-refractivity contribution in [2.75, 3.05) is 40.1 Å². The molecule has 2 rings (SSSR count). The van der Waals surface area contributed by atoms with E-state index >= 15 is 0 Å². The van der Waals surface area contributed by atoms with E-state index in [-0.39, 0.29) is 0 Å². The van der Waals surface area contributed by atoms with Gasteiger partial charge in [-0.25, -0.2) is 0 Å². The van der Waals surface area contributed by atoms with Crippen molar-refractivity contribution in [2.24, 2.45) is 0 Å². The highest BCUT2D eigenvalue weighted by molar-refractivity contribution is 5.39. The lowest BCUT2D eigenvalue weighted by Gasteiger charge is -2.26. The molecule has 1 N–H and O–H groups in total. The summed E-state index contributed by atoms with van der Waals surface area (Å²) in [5.41, 5.74) is 2.86. The van der Waals surface area contributed by atoms with Gasteiger partial charge in [0.2, 0.25) is 0 Å². The molecule has 0 saturated heterocycles. The molecule has 4 nitrogen and oxygen atoms in total. The Morgan fingerprint density at radius 2 is 2.05 bits per heavy atom. The van der Waals surface area contributed by atoms with Crippen LogP contribution in [0.3, 0.4) is 0 Å². The standard InChI is InChI=1S/C17H27NO3/c1-3-18-17-6-4-5-14-7-8-15(13-16(14)17)21-12-11-20-10-9-19-2/h7-8,13,17-18H,3-6,9-12H2,1-2H3. The van der Waals surface area contributed by atoms with Crippen molar-refractivity contribution >= 4 is 0 Å². The minimum atomic E-state index is 0.472. The van der Waals surface area contributed by atoms with Crippen LogP contribution in [0.25, 0.3) is 0 Å². The van der Waals surface area contributed by atoms with Crippen LogP contribution < -0.4 is 10.1 Å². The first kappa shape index (κ1) is 16.3. The number of aryl methyl sites for hydroxylation is 1. The average Bonchev–Trinajstić information content (AvgIpc) is 2.51. The van der Waals surface area contributed by atoms with Crippen LogP contribution in [0.2, 0.25) is 0 Å². The fourth-order valence-electron chi connectivity index (χ4n) is 2.79. The van der Waals surface area contributed by atoms with Gasteiger partial charge >= 0.3 is 0 Å². The van der Waals surface area contributed by atoms with Gasteiger partial charge in [-0.2, -0.15) is 0 Å². The molecule has 1 aliphatic carbocycles. The number of nitrogens with one attached hydrogen (secondary N) is 1. The molecule has 0 aromatic heterocycles. The predicted octanol–water partition coefficient (Wildman–Crippen LogP) is 2.72. The van der Waals surface area contributed by atoms with E-state index in [1.54, 1.807) is 7.11 Å². The summed E-state index contributed by atoms with van der Waals surface area (Å²) in [6.45, 7) is 5.58. The Morgan fingerprint density at radius 3 is 2.86 bits per heavy atom. The van der Waals surface area contributed by atoms with Crippen molar-refractivity contribution in [3.05, 3.63) is 29.3 Å². The molecule has 0 aliphatic heterocycles. The molecule has 1 unspecified atom stereocenters.